The van der Waals surface area contributed by atoms with E-state index in [1.165, 1.54) is 0 Å². The lowest BCUT2D eigenvalue weighted by Gasteiger charge is -2.23. The molecule has 10 nitrogen and oxygen atoms in total. The smallest absolute Gasteiger partial charge is 0.347 e. The lowest BCUT2D eigenvalue weighted by molar-refractivity contribution is -0.122. The molecule has 1 saturated heterocycles. The van der Waals surface area contributed by atoms with Crippen molar-refractivity contribution < 1.29 is 24.6 Å². The lowest BCUT2D eigenvalue weighted by atomic mass is 10.1. The second kappa shape index (κ2) is 9.03. The van der Waals surface area contributed by atoms with Gasteiger partial charge < -0.3 is 30.7 Å². The fourth-order valence-corrected chi connectivity index (χ4v) is 5.58. The largest absolute Gasteiger partial charge is 0.477 e. The van der Waals surface area contributed by atoms with Gasteiger partial charge in [0.15, 0.2) is 5.13 Å². The molecule has 0 spiro atoms. The number of aliphatic hydroxyl groups is 1. The van der Waals surface area contributed by atoms with Crippen molar-refractivity contribution in [3.05, 3.63) is 32.0 Å². The molecule has 2 amide bonds. The van der Waals surface area contributed by atoms with E-state index >= 15 is 0 Å². The predicted octanol–water partition coefficient (Wildman–Crippen LogP) is 2.08. The summed E-state index contributed by atoms with van der Waals surface area (Å²) in [4.78, 5) is 46.0. The summed E-state index contributed by atoms with van der Waals surface area (Å²) in [6.07, 6.45) is -0.195. The van der Waals surface area contributed by atoms with Crippen LogP contribution in [0.2, 0.25) is 10.0 Å². The van der Waals surface area contributed by atoms with E-state index in [1.807, 2.05) is 4.90 Å². The first kappa shape index (κ1) is 24.8. The number of rotatable bonds is 8. The summed E-state index contributed by atoms with van der Waals surface area (Å²) in [7, 11) is 0. The Hall–Kier alpha value is -2.34. The topological polar surface area (TPSA) is 148 Å². The Kier molecular flexibility index (Phi) is 6.58. The average molecular weight is 530 g/mol. The molecule has 5 N–H and O–H groups in total. The highest BCUT2D eigenvalue weighted by atomic mass is 35.5. The second-order valence-electron chi connectivity index (χ2n) is 9.33. The molecule has 0 radical (unpaired) electrons. The number of carbonyl (C=O) groups is 3. The zero-order chi connectivity index (χ0) is 24.9. The Bertz CT molecular complexity index is 1150. The van der Waals surface area contributed by atoms with Gasteiger partial charge in [-0.05, 0) is 20.8 Å². The number of halogens is 2. The van der Waals surface area contributed by atoms with Crippen LogP contribution in [0.5, 0.6) is 0 Å². The average Bonchev–Trinajstić information content (AvgIpc) is 3.13. The summed E-state index contributed by atoms with van der Waals surface area (Å²) >= 11 is 13.2. The molecule has 2 aromatic heterocycles. The number of aryl methyl sites for hydroxylation is 1. The van der Waals surface area contributed by atoms with E-state index in [2.05, 4.69) is 20.6 Å². The number of hydrogen-bond donors (Lipinski definition) is 5. The first-order valence-corrected chi connectivity index (χ1v) is 12.2. The van der Waals surface area contributed by atoms with Crippen LogP contribution in [0.15, 0.2) is 0 Å². The van der Waals surface area contributed by atoms with Crippen LogP contribution >= 0.6 is 34.5 Å². The number of amides is 2. The van der Waals surface area contributed by atoms with Crippen LogP contribution in [0.4, 0.5) is 5.13 Å². The van der Waals surface area contributed by atoms with E-state index in [4.69, 9.17) is 23.2 Å². The number of fused-ring (bicyclic) bond motifs is 1. The number of hydrogen-bond acceptors (Lipinski definition) is 7. The number of H-pyrrole nitrogens is 1. The van der Waals surface area contributed by atoms with Gasteiger partial charge in [-0.15, -0.1) is 0 Å². The Morgan fingerprint density at radius 2 is 1.88 bits per heavy atom. The van der Waals surface area contributed by atoms with Crippen LogP contribution in [0, 0.1) is 18.8 Å². The van der Waals surface area contributed by atoms with Gasteiger partial charge in [-0.3, -0.25) is 9.59 Å². The predicted molar refractivity (Wildman–Crippen MR) is 128 cm³/mol. The Morgan fingerprint density at radius 1 is 1.24 bits per heavy atom. The molecule has 3 atom stereocenters. The zero-order valence-electron chi connectivity index (χ0n) is 18.7. The number of carbonyl (C=O) groups excluding carboxylic acids is 2. The number of nitrogens with one attached hydrogen (secondary N) is 3. The van der Waals surface area contributed by atoms with Crippen LogP contribution < -0.4 is 15.5 Å². The molecular formula is C21H25Cl2N5O5S. The third kappa shape index (κ3) is 4.74. The van der Waals surface area contributed by atoms with Gasteiger partial charge in [-0.1, -0.05) is 34.5 Å². The molecule has 1 aliphatic heterocycles. The number of carboxylic acid groups (broad SMARTS) is 1. The SMILES string of the molecule is Cc1[nH]c(C(=O)N[C@H]2[C@@H]3CN(c4nc(CC(=O)NC(C)(C)CO)c(C(=O)O)s4)C[C@@H]32)c(Cl)c1Cl. The molecule has 2 fully saturated rings. The van der Waals surface area contributed by atoms with Crippen molar-refractivity contribution in [2.75, 3.05) is 24.6 Å². The number of thiazole rings is 1. The molecule has 4 rings (SSSR count). The molecule has 1 saturated carbocycles. The quantitative estimate of drug-likeness (QED) is 0.351. The number of anilines is 1. The van der Waals surface area contributed by atoms with Crippen LogP contribution in [-0.2, 0) is 11.2 Å². The first-order chi connectivity index (χ1) is 15.9. The van der Waals surface area contributed by atoms with Crippen molar-refractivity contribution in [3.63, 3.8) is 0 Å². The fourth-order valence-electron chi connectivity index (χ4n) is 4.22. The van der Waals surface area contributed by atoms with Crippen molar-refractivity contribution in [3.8, 4) is 0 Å². The molecule has 2 aliphatic rings. The lowest BCUT2D eigenvalue weighted by Crippen LogP contribution is -2.47. The molecule has 34 heavy (non-hydrogen) atoms. The van der Waals surface area contributed by atoms with E-state index in [9.17, 15) is 24.6 Å². The molecule has 13 heteroatoms. The number of aromatic carboxylic acids is 1. The summed E-state index contributed by atoms with van der Waals surface area (Å²) in [5, 5.41) is 25.6. The Morgan fingerprint density at radius 3 is 2.41 bits per heavy atom. The number of aromatic amines is 1. The summed E-state index contributed by atoms with van der Waals surface area (Å²) in [5.41, 5.74) is 0.243. The van der Waals surface area contributed by atoms with E-state index in [0.29, 0.717) is 28.9 Å². The van der Waals surface area contributed by atoms with Gasteiger partial charge in [0.25, 0.3) is 5.91 Å². The molecule has 0 aromatic carbocycles. The van der Waals surface area contributed by atoms with Gasteiger partial charge in [0.05, 0.1) is 34.3 Å². The van der Waals surface area contributed by atoms with Gasteiger partial charge >= 0.3 is 5.97 Å². The standard InChI is InChI=1S/C21H25Cl2N5O5S/c1-8-13(22)14(23)16(24-8)18(31)26-15-9-5-28(6-10(9)15)20-25-11(17(34-20)19(32)33)4-12(30)27-21(2,3)7-29/h9-10,15,24,29H,4-7H2,1-3H3,(H,26,31)(H,27,30)(H,32,33)/t9-,10+,15+. The summed E-state index contributed by atoms with van der Waals surface area (Å²) in [5.74, 6) is -1.44. The third-order valence-corrected chi connectivity index (χ3v) is 8.22. The minimum atomic E-state index is -1.14. The van der Waals surface area contributed by atoms with Crippen molar-refractivity contribution in [1.29, 1.82) is 0 Å². The highest BCUT2D eigenvalue weighted by Crippen LogP contribution is 2.48. The molecule has 0 unspecified atom stereocenters. The van der Waals surface area contributed by atoms with E-state index in [-0.39, 0.29) is 58.1 Å². The molecule has 2 aromatic rings. The normalized spacial score (nSPS) is 21.4. The van der Waals surface area contributed by atoms with Crippen molar-refractivity contribution in [2.45, 2.75) is 38.8 Å². The summed E-state index contributed by atoms with van der Waals surface area (Å²) in [6.45, 7) is 6.05. The number of aromatic nitrogens is 2. The van der Waals surface area contributed by atoms with Crippen molar-refractivity contribution >= 4 is 57.5 Å². The van der Waals surface area contributed by atoms with Gasteiger partial charge in [-0.2, -0.15) is 0 Å². The van der Waals surface area contributed by atoms with Gasteiger partial charge in [0.1, 0.15) is 10.6 Å². The van der Waals surface area contributed by atoms with E-state index < -0.39 is 17.4 Å². The van der Waals surface area contributed by atoms with Crippen LogP contribution in [-0.4, -0.2) is 69.2 Å². The molecular weight excluding hydrogens is 505 g/mol. The van der Waals surface area contributed by atoms with Gasteiger partial charge in [0, 0.05) is 36.7 Å². The van der Waals surface area contributed by atoms with Crippen LogP contribution in [0.1, 0.15) is 45.4 Å². The number of aliphatic hydroxyl groups excluding tert-OH is 1. The number of nitrogens with zero attached hydrogens (tertiary/aromatic N) is 2. The summed E-state index contributed by atoms with van der Waals surface area (Å²) < 4.78 is 0. The van der Waals surface area contributed by atoms with E-state index in [0.717, 1.165) is 11.3 Å². The van der Waals surface area contributed by atoms with Crippen LogP contribution in [0.3, 0.4) is 0 Å². The molecule has 1 aliphatic carbocycles. The highest BCUT2D eigenvalue weighted by Gasteiger charge is 2.57. The van der Waals surface area contributed by atoms with Crippen LogP contribution in [0.25, 0.3) is 0 Å². The monoisotopic (exact) mass is 529 g/mol. The molecule has 0 bridgehead atoms. The zero-order valence-corrected chi connectivity index (χ0v) is 21.1. The highest BCUT2D eigenvalue weighted by molar-refractivity contribution is 7.17. The van der Waals surface area contributed by atoms with Gasteiger partial charge in [-0.25, -0.2) is 9.78 Å². The third-order valence-electron chi connectivity index (χ3n) is 6.12. The Labute approximate surface area is 209 Å². The van der Waals surface area contributed by atoms with Gasteiger partial charge in [0.2, 0.25) is 5.91 Å². The molecule has 184 valence electrons. The van der Waals surface area contributed by atoms with E-state index in [1.54, 1.807) is 20.8 Å². The maximum atomic E-state index is 12.6. The maximum absolute atomic E-state index is 12.6. The Balaban J connectivity index is 1.38. The first-order valence-electron chi connectivity index (χ1n) is 10.7. The summed E-state index contributed by atoms with van der Waals surface area (Å²) in [6, 6.07) is -0.00735. The van der Waals surface area contributed by atoms with Crippen molar-refractivity contribution in [1.82, 2.24) is 20.6 Å². The number of carboxylic acids is 1. The minimum absolute atomic E-state index is 0.00735. The second-order valence-corrected chi connectivity index (χ2v) is 11.1. The number of piperidine rings is 1. The molecule has 3 heterocycles. The minimum Gasteiger partial charge on any atom is -0.477 e. The fraction of sp³-hybridized carbons (Fsp3) is 0.524. The maximum Gasteiger partial charge on any atom is 0.347 e. The van der Waals surface area contributed by atoms with Crippen molar-refractivity contribution in [2.24, 2.45) is 11.8 Å².